The van der Waals surface area contributed by atoms with E-state index in [2.05, 4.69) is 31.1 Å². The van der Waals surface area contributed by atoms with Gasteiger partial charge in [-0.15, -0.1) is 11.3 Å². The Labute approximate surface area is 97.1 Å². The van der Waals surface area contributed by atoms with Crippen molar-refractivity contribution in [2.75, 3.05) is 13.1 Å². The average molecular weight is 226 g/mol. The fourth-order valence-corrected chi connectivity index (χ4v) is 2.43. The number of nitrogens with one attached hydrogen (secondary N) is 1. The second-order valence-corrected chi connectivity index (χ2v) is 4.94. The molecule has 1 aromatic rings. The quantitative estimate of drug-likeness (QED) is 0.723. The zero-order valence-electron chi connectivity index (χ0n) is 10.0. The second-order valence-electron chi connectivity index (χ2n) is 4.00. The first-order chi connectivity index (χ1) is 7.27. The number of hydrogen-bond donors (Lipinski definition) is 1. The van der Waals surface area contributed by atoms with Gasteiger partial charge in [-0.1, -0.05) is 26.7 Å². The minimum Gasteiger partial charge on any atom is -0.316 e. The van der Waals surface area contributed by atoms with Crippen LogP contribution in [0.3, 0.4) is 0 Å². The molecule has 3 heteroatoms. The predicted octanol–water partition coefficient (Wildman–Crippen LogP) is 3.02. The van der Waals surface area contributed by atoms with E-state index in [1.165, 1.54) is 23.4 Å². The highest BCUT2D eigenvalue weighted by molar-refractivity contribution is 7.09. The van der Waals surface area contributed by atoms with Gasteiger partial charge in [0.05, 0.1) is 11.2 Å². The summed E-state index contributed by atoms with van der Waals surface area (Å²) in [5, 5.41) is 3.53. The lowest BCUT2D eigenvalue weighted by molar-refractivity contribution is 0.452. The van der Waals surface area contributed by atoms with Crippen LogP contribution in [-0.2, 0) is 6.42 Å². The summed E-state index contributed by atoms with van der Waals surface area (Å²) in [5.41, 5.74) is 3.13. The number of hydrogen-bond acceptors (Lipinski definition) is 3. The number of rotatable bonds is 7. The normalized spacial score (nSPS) is 11.2. The Bertz CT molecular complexity index is 266. The zero-order valence-corrected chi connectivity index (χ0v) is 10.9. The lowest BCUT2D eigenvalue weighted by Gasteiger charge is -2.12. The van der Waals surface area contributed by atoms with Crippen molar-refractivity contribution < 1.29 is 0 Å². The molecule has 1 rings (SSSR count). The maximum atomic E-state index is 4.25. The van der Waals surface area contributed by atoms with E-state index in [-0.39, 0.29) is 0 Å². The summed E-state index contributed by atoms with van der Waals surface area (Å²) in [4.78, 5) is 5.68. The summed E-state index contributed by atoms with van der Waals surface area (Å²) in [5.74, 6) is 0.840. The molecule has 0 spiro atoms. The molecule has 0 atom stereocenters. The van der Waals surface area contributed by atoms with Gasteiger partial charge in [-0.2, -0.15) is 0 Å². The lowest BCUT2D eigenvalue weighted by Crippen LogP contribution is -2.24. The van der Waals surface area contributed by atoms with Gasteiger partial charge in [0.1, 0.15) is 0 Å². The molecule has 0 unspecified atom stereocenters. The van der Waals surface area contributed by atoms with E-state index in [1.807, 2.05) is 5.51 Å². The van der Waals surface area contributed by atoms with Crippen LogP contribution in [0.5, 0.6) is 0 Å². The Morgan fingerprint density at radius 3 is 2.67 bits per heavy atom. The molecule has 0 saturated heterocycles. The molecular formula is C12H22N2S. The fraction of sp³-hybridized carbons (Fsp3) is 0.750. The van der Waals surface area contributed by atoms with Crippen molar-refractivity contribution in [1.29, 1.82) is 0 Å². The molecule has 0 aliphatic carbocycles. The maximum Gasteiger partial charge on any atom is 0.0797 e. The largest absolute Gasteiger partial charge is 0.316 e. The Morgan fingerprint density at radius 2 is 2.13 bits per heavy atom. The second kappa shape index (κ2) is 6.96. The molecular weight excluding hydrogens is 204 g/mol. The number of thiazole rings is 1. The molecule has 1 aromatic heterocycles. The van der Waals surface area contributed by atoms with Crippen LogP contribution >= 0.6 is 11.3 Å². The van der Waals surface area contributed by atoms with E-state index in [0.29, 0.717) is 0 Å². The average Bonchev–Trinajstić information content (AvgIpc) is 2.65. The Kier molecular flexibility index (Phi) is 5.88. The highest BCUT2D eigenvalue weighted by atomic mass is 32.1. The molecule has 0 amide bonds. The molecule has 0 bridgehead atoms. The highest BCUT2D eigenvalue weighted by Gasteiger charge is 2.03. The molecule has 0 fully saturated rings. The minimum atomic E-state index is 0.840. The van der Waals surface area contributed by atoms with E-state index < -0.39 is 0 Å². The van der Waals surface area contributed by atoms with Crippen LogP contribution in [0.15, 0.2) is 5.51 Å². The van der Waals surface area contributed by atoms with Gasteiger partial charge in [0.25, 0.3) is 0 Å². The smallest absolute Gasteiger partial charge is 0.0797 e. The Morgan fingerprint density at radius 1 is 1.40 bits per heavy atom. The fourth-order valence-electron chi connectivity index (χ4n) is 1.65. The first-order valence-electron chi connectivity index (χ1n) is 5.87. The zero-order chi connectivity index (χ0) is 11.1. The van der Waals surface area contributed by atoms with E-state index >= 15 is 0 Å². The molecule has 0 aliphatic rings. The number of aromatic nitrogens is 1. The van der Waals surface area contributed by atoms with Gasteiger partial charge in [-0.05, 0) is 25.8 Å². The van der Waals surface area contributed by atoms with Gasteiger partial charge in [0.2, 0.25) is 0 Å². The first-order valence-corrected chi connectivity index (χ1v) is 6.75. The van der Waals surface area contributed by atoms with Crippen molar-refractivity contribution >= 4 is 11.3 Å². The first kappa shape index (κ1) is 12.7. The monoisotopic (exact) mass is 226 g/mol. The van der Waals surface area contributed by atoms with E-state index in [1.54, 1.807) is 11.3 Å². The molecule has 0 aromatic carbocycles. The SMILES string of the molecule is CCC(CC)CNCCc1scnc1C. The number of nitrogens with zero attached hydrogens (tertiary/aromatic N) is 1. The lowest BCUT2D eigenvalue weighted by atomic mass is 10.0. The van der Waals surface area contributed by atoms with Gasteiger partial charge < -0.3 is 5.32 Å². The molecule has 15 heavy (non-hydrogen) atoms. The maximum absolute atomic E-state index is 4.25. The third kappa shape index (κ3) is 4.31. The van der Waals surface area contributed by atoms with Crippen molar-refractivity contribution in [3.63, 3.8) is 0 Å². The predicted molar refractivity (Wildman–Crippen MR) is 67.5 cm³/mol. The third-order valence-electron chi connectivity index (χ3n) is 2.96. The van der Waals surface area contributed by atoms with E-state index in [9.17, 15) is 0 Å². The van der Waals surface area contributed by atoms with E-state index in [0.717, 1.165) is 25.4 Å². The molecule has 0 radical (unpaired) electrons. The number of aryl methyl sites for hydroxylation is 1. The molecule has 0 aliphatic heterocycles. The van der Waals surface area contributed by atoms with Crippen LogP contribution in [0.2, 0.25) is 0 Å². The van der Waals surface area contributed by atoms with Crippen LogP contribution in [0.25, 0.3) is 0 Å². The van der Waals surface area contributed by atoms with Crippen LogP contribution < -0.4 is 5.32 Å². The molecule has 0 saturated carbocycles. The van der Waals surface area contributed by atoms with Gasteiger partial charge in [-0.25, -0.2) is 4.98 Å². The van der Waals surface area contributed by atoms with Crippen molar-refractivity contribution in [1.82, 2.24) is 10.3 Å². The van der Waals surface area contributed by atoms with Crippen LogP contribution in [0.4, 0.5) is 0 Å². The van der Waals surface area contributed by atoms with Crippen molar-refractivity contribution in [3.05, 3.63) is 16.1 Å². The van der Waals surface area contributed by atoms with Gasteiger partial charge in [0.15, 0.2) is 0 Å². The van der Waals surface area contributed by atoms with E-state index in [4.69, 9.17) is 0 Å². The third-order valence-corrected chi connectivity index (χ3v) is 3.96. The van der Waals surface area contributed by atoms with Crippen LogP contribution in [-0.4, -0.2) is 18.1 Å². The van der Waals surface area contributed by atoms with Crippen LogP contribution in [0, 0.1) is 12.8 Å². The highest BCUT2D eigenvalue weighted by Crippen LogP contribution is 2.12. The summed E-state index contributed by atoms with van der Waals surface area (Å²) in [6, 6.07) is 0. The summed E-state index contributed by atoms with van der Waals surface area (Å²) in [6.45, 7) is 8.86. The summed E-state index contributed by atoms with van der Waals surface area (Å²) >= 11 is 1.77. The topological polar surface area (TPSA) is 24.9 Å². The van der Waals surface area contributed by atoms with Crippen molar-refractivity contribution in [2.24, 2.45) is 5.92 Å². The Balaban J connectivity index is 2.14. The minimum absolute atomic E-state index is 0.840. The van der Waals surface area contributed by atoms with Crippen LogP contribution in [0.1, 0.15) is 37.3 Å². The molecule has 1 N–H and O–H groups in total. The van der Waals surface area contributed by atoms with Gasteiger partial charge in [0, 0.05) is 11.4 Å². The van der Waals surface area contributed by atoms with Gasteiger partial charge >= 0.3 is 0 Å². The summed E-state index contributed by atoms with van der Waals surface area (Å²) < 4.78 is 0. The molecule has 86 valence electrons. The Hall–Kier alpha value is -0.410. The molecule has 2 nitrogen and oxygen atoms in total. The van der Waals surface area contributed by atoms with Crippen molar-refractivity contribution in [3.8, 4) is 0 Å². The summed E-state index contributed by atoms with van der Waals surface area (Å²) in [6.07, 6.45) is 3.68. The van der Waals surface area contributed by atoms with Crippen molar-refractivity contribution in [2.45, 2.75) is 40.0 Å². The molecule has 1 heterocycles. The van der Waals surface area contributed by atoms with Gasteiger partial charge in [-0.3, -0.25) is 0 Å². The summed E-state index contributed by atoms with van der Waals surface area (Å²) in [7, 11) is 0. The standard InChI is InChI=1S/C12H22N2S/c1-4-11(5-2)8-13-7-6-12-10(3)14-9-15-12/h9,11,13H,4-8H2,1-3H3.